The molecule has 9 nitrogen and oxygen atoms in total. The molecule has 11 heteroatoms. The monoisotopic (exact) mass is 497 g/mol. The summed E-state index contributed by atoms with van der Waals surface area (Å²) in [5, 5.41) is 16.5. The number of nitrogens with one attached hydrogen (secondary N) is 4. The van der Waals surface area contributed by atoms with Gasteiger partial charge in [0.25, 0.3) is 11.8 Å². The maximum Gasteiger partial charge on any atom is 0.267 e. The number of carbonyl (C=O) groups is 3. The van der Waals surface area contributed by atoms with Gasteiger partial charge in [0.15, 0.2) is 0 Å². The zero-order valence-corrected chi connectivity index (χ0v) is 19.1. The van der Waals surface area contributed by atoms with Crippen molar-refractivity contribution < 1.29 is 28.4 Å². The van der Waals surface area contributed by atoms with Crippen molar-refractivity contribution in [2.75, 3.05) is 18.4 Å². The van der Waals surface area contributed by atoms with Gasteiger partial charge in [-0.25, -0.2) is 14.3 Å². The first-order chi connectivity index (χ1) is 17.3. The molecule has 3 aromatic rings. The Hall–Kier alpha value is -4.19. The number of anilines is 1. The first-order valence-electron chi connectivity index (χ1n) is 10.9. The van der Waals surface area contributed by atoms with Gasteiger partial charge in [-0.1, -0.05) is 30.3 Å². The quantitative estimate of drug-likeness (QED) is 0.186. The van der Waals surface area contributed by atoms with Gasteiger partial charge in [0.1, 0.15) is 17.7 Å². The van der Waals surface area contributed by atoms with Gasteiger partial charge in [0, 0.05) is 29.9 Å². The second-order valence-corrected chi connectivity index (χ2v) is 7.74. The highest BCUT2D eigenvalue weighted by molar-refractivity contribution is 5.98. The summed E-state index contributed by atoms with van der Waals surface area (Å²) in [6, 6.07) is 16.1. The molecule has 36 heavy (non-hydrogen) atoms. The lowest BCUT2D eigenvalue weighted by atomic mass is 10.0. The Morgan fingerprint density at radius 3 is 2.03 bits per heavy atom. The molecule has 0 aliphatic heterocycles. The van der Waals surface area contributed by atoms with E-state index < -0.39 is 29.5 Å². The molecule has 3 rings (SSSR count). The van der Waals surface area contributed by atoms with Gasteiger partial charge in [0.2, 0.25) is 5.91 Å². The van der Waals surface area contributed by atoms with E-state index in [1.807, 2.05) is 0 Å². The van der Waals surface area contributed by atoms with Crippen LogP contribution >= 0.6 is 0 Å². The molecule has 3 amide bonds. The van der Waals surface area contributed by atoms with Crippen LogP contribution in [0.25, 0.3) is 11.1 Å². The Kier molecular flexibility index (Phi) is 9.17. The molecule has 0 aromatic heterocycles. The number of hydroxylamine groups is 1. The summed E-state index contributed by atoms with van der Waals surface area (Å²) in [4.78, 5) is 35.9. The molecule has 0 fully saturated rings. The van der Waals surface area contributed by atoms with Crippen molar-refractivity contribution in [2.24, 2.45) is 5.73 Å². The number of nitrogens with two attached hydrogens (primary N) is 1. The smallest absolute Gasteiger partial charge is 0.267 e. The second-order valence-electron chi connectivity index (χ2n) is 7.74. The van der Waals surface area contributed by atoms with Gasteiger partial charge < -0.3 is 21.7 Å². The molecule has 7 N–H and O–H groups in total. The number of halogens is 2. The molecular formula is C25H25F2N5O4. The van der Waals surface area contributed by atoms with E-state index in [9.17, 15) is 23.2 Å². The molecule has 0 unspecified atom stereocenters. The second kappa shape index (κ2) is 12.5. The summed E-state index contributed by atoms with van der Waals surface area (Å²) < 4.78 is 27.3. The maximum absolute atomic E-state index is 13.6. The van der Waals surface area contributed by atoms with E-state index in [-0.39, 0.29) is 31.1 Å². The topological polar surface area (TPSA) is 146 Å². The highest BCUT2D eigenvalue weighted by Gasteiger charge is 2.19. The number of hydrogen-bond acceptors (Lipinski definition) is 6. The maximum atomic E-state index is 13.6. The van der Waals surface area contributed by atoms with Crippen molar-refractivity contribution in [3.63, 3.8) is 0 Å². The average Bonchev–Trinajstić information content (AvgIpc) is 2.89. The van der Waals surface area contributed by atoms with Gasteiger partial charge in [-0.2, -0.15) is 0 Å². The molecule has 0 heterocycles. The molecule has 0 radical (unpaired) electrons. The Balaban J connectivity index is 1.53. The molecule has 3 aromatic carbocycles. The largest absolute Gasteiger partial charge is 0.339 e. The SMILES string of the molecule is NC[C@H](NC(=O)c1ccc(-c2ccc(NC(=O)CNCc3c(F)cccc3F)cc2)cc1)C(=O)NO. The fourth-order valence-electron chi connectivity index (χ4n) is 3.32. The summed E-state index contributed by atoms with van der Waals surface area (Å²) in [6.45, 7) is -0.441. The normalized spacial score (nSPS) is 11.4. The first-order valence-corrected chi connectivity index (χ1v) is 10.9. The fourth-order valence-corrected chi connectivity index (χ4v) is 3.32. The average molecular weight is 498 g/mol. The van der Waals surface area contributed by atoms with Crippen LogP contribution < -0.4 is 27.2 Å². The van der Waals surface area contributed by atoms with Crippen molar-refractivity contribution in [3.05, 3.63) is 89.5 Å². The molecule has 1 atom stereocenters. The fraction of sp³-hybridized carbons (Fsp3) is 0.160. The van der Waals surface area contributed by atoms with Gasteiger partial charge in [-0.3, -0.25) is 19.6 Å². The third-order valence-electron chi connectivity index (χ3n) is 5.27. The Morgan fingerprint density at radius 1 is 0.889 bits per heavy atom. The van der Waals surface area contributed by atoms with Crippen LogP contribution in [0.2, 0.25) is 0 Å². The molecule has 0 saturated carbocycles. The first kappa shape index (κ1) is 26.4. The molecule has 0 saturated heterocycles. The number of amides is 3. The van der Waals surface area contributed by atoms with Crippen molar-refractivity contribution in [3.8, 4) is 11.1 Å². The molecule has 0 spiro atoms. The van der Waals surface area contributed by atoms with Crippen LogP contribution in [-0.4, -0.2) is 42.1 Å². The lowest BCUT2D eigenvalue weighted by Crippen LogP contribution is -2.50. The predicted molar refractivity (Wildman–Crippen MR) is 129 cm³/mol. The summed E-state index contributed by atoms with van der Waals surface area (Å²) >= 11 is 0. The third kappa shape index (κ3) is 6.92. The number of benzene rings is 3. The van der Waals surface area contributed by atoms with Gasteiger partial charge >= 0.3 is 0 Å². The van der Waals surface area contributed by atoms with Gasteiger partial charge in [0.05, 0.1) is 6.54 Å². The van der Waals surface area contributed by atoms with E-state index in [1.54, 1.807) is 48.5 Å². The predicted octanol–water partition coefficient (Wildman–Crippen LogP) is 1.92. The van der Waals surface area contributed by atoms with E-state index in [1.165, 1.54) is 11.5 Å². The summed E-state index contributed by atoms with van der Waals surface area (Å²) in [7, 11) is 0. The number of rotatable bonds is 10. The lowest BCUT2D eigenvalue weighted by Gasteiger charge is -2.14. The van der Waals surface area contributed by atoms with Gasteiger partial charge in [-0.05, 0) is 47.5 Å². The Labute approximate surface area is 205 Å². The summed E-state index contributed by atoms with van der Waals surface area (Å²) in [6.07, 6.45) is 0. The minimum atomic E-state index is -1.07. The zero-order chi connectivity index (χ0) is 26.1. The molecule has 188 valence electrons. The van der Waals surface area contributed by atoms with E-state index >= 15 is 0 Å². The molecule has 0 aliphatic rings. The third-order valence-corrected chi connectivity index (χ3v) is 5.27. The van der Waals surface area contributed by atoms with E-state index in [2.05, 4.69) is 16.0 Å². The number of hydrogen-bond donors (Lipinski definition) is 6. The van der Waals surface area contributed by atoms with E-state index in [4.69, 9.17) is 10.9 Å². The van der Waals surface area contributed by atoms with E-state index in [0.29, 0.717) is 11.3 Å². The zero-order valence-electron chi connectivity index (χ0n) is 19.1. The van der Waals surface area contributed by atoms with Crippen LogP contribution in [-0.2, 0) is 16.1 Å². The van der Waals surface area contributed by atoms with Crippen LogP contribution in [0.15, 0.2) is 66.7 Å². The highest BCUT2D eigenvalue weighted by atomic mass is 19.1. The van der Waals surface area contributed by atoms with Crippen molar-refractivity contribution in [2.45, 2.75) is 12.6 Å². The Bertz CT molecular complexity index is 1200. The van der Waals surface area contributed by atoms with Crippen molar-refractivity contribution >= 4 is 23.4 Å². The standard InChI is InChI=1S/C25H25F2N5O4/c26-20-2-1-3-21(27)19(20)13-29-14-23(33)30-18-10-8-16(9-11-18)15-4-6-17(7-5-15)24(34)31-22(12-28)25(35)32-36/h1-11,22,29,36H,12-14,28H2,(H,30,33)(H,31,34)(H,32,35)/t22-/m0/s1. The summed E-state index contributed by atoms with van der Waals surface area (Å²) in [5.74, 6) is -3.07. The minimum Gasteiger partial charge on any atom is -0.339 e. The van der Waals surface area contributed by atoms with Crippen LogP contribution in [0, 0.1) is 11.6 Å². The van der Waals surface area contributed by atoms with Crippen LogP contribution in [0.4, 0.5) is 14.5 Å². The summed E-state index contributed by atoms with van der Waals surface area (Å²) in [5.41, 5.74) is 9.22. The number of carbonyl (C=O) groups excluding carboxylic acids is 3. The molecular weight excluding hydrogens is 472 g/mol. The minimum absolute atomic E-state index is 0.125. The van der Waals surface area contributed by atoms with Gasteiger partial charge in [-0.15, -0.1) is 0 Å². The lowest BCUT2D eigenvalue weighted by molar-refractivity contribution is -0.130. The van der Waals surface area contributed by atoms with Crippen LogP contribution in [0.3, 0.4) is 0 Å². The molecule has 0 bridgehead atoms. The van der Waals surface area contributed by atoms with Crippen molar-refractivity contribution in [1.82, 2.24) is 16.1 Å². The Morgan fingerprint density at radius 2 is 1.47 bits per heavy atom. The molecule has 0 aliphatic carbocycles. The van der Waals surface area contributed by atoms with Crippen molar-refractivity contribution in [1.29, 1.82) is 0 Å². The van der Waals surface area contributed by atoms with Crippen LogP contribution in [0.1, 0.15) is 15.9 Å². The van der Waals surface area contributed by atoms with E-state index in [0.717, 1.165) is 23.3 Å². The van der Waals surface area contributed by atoms with Crippen LogP contribution in [0.5, 0.6) is 0 Å². The highest BCUT2D eigenvalue weighted by Crippen LogP contribution is 2.22.